The minimum absolute atomic E-state index is 0.470. The maximum atomic E-state index is 13.6. The van der Waals surface area contributed by atoms with E-state index >= 15 is 0 Å². The molecule has 2 amide bonds. The molecule has 0 aliphatic carbocycles. The minimum Gasteiger partial charge on any atom is -0.396 e. The number of halogens is 3. The van der Waals surface area contributed by atoms with Crippen molar-refractivity contribution in [3.05, 3.63) is 102 Å². The number of rotatable bonds is 8. The second-order valence-electron chi connectivity index (χ2n) is 9.13. The molecule has 1 heterocycles. The van der Waals surface area contributed by atoms with Gasteiger partial charge >= 0.3 is 6.18 Å². The number of likely N-dealkylation sites (N-methyl/N-ethyl adjacent to an activating group) is 1. The van der Waals surface area contributed by atoms with Crippen LogP contribution in [0, 0.1) is 5.92 Å². The topological polar surface area (TPSA) is 82.0 Å². The summed E-state index contributed by atoms with van der Waals surface area (Å²) in [5, 5.41) is 12.7. The molecular formula is C29H28F3N3O3. The number of alkyl halides is 3. The second kappa shape index (κ2) is 11.6. The third-order valence-corrected chi connectivity index (χ3v) is 6.66. The van der Waals surface area contributed by atoms with Crippen molar-refractivity contribution in [3.8, 4) is 0 Å². The molecule has 1 aliphatic heterocycles. The smallest absolute Gasteiger partial charge is 0.389 e. The molecule has 0 aromatic heterocycles. The van der Waals surface area contributed by atoms with Crippen molar-refractivity contribution in [3.63, 3.8) is 0 Å². The standard InChI is InChI=1S/C29H28F3N3O3/c1-35-24-15-9-8-14-22(24)25(20-12-6-3-7-13-20)33-26(28(35)38)34-27(37)21(16-17-29(30,31)32)23(18-36)19-10-4-2-5-11-19/h2-15,21,23,26,36H,16-18H2,1H3,(H,34,37). The van der Waals surface area contributed by atoms with Crippen molar-refractivity contribution in [1.82, 2.24) is 5.32 Å². The molecule has 0 saturated carbocycles. The Kier molecular flexibility index (Phi) is 8.26. The molecule has 9 heteroatoms. The largest absolute Gasteiger partial charge is 0.396 e. The van der Waals surface area contributed by atoms with Gasteiger partial charge in [0.2, 0.25) is 12.1 Å². The van der Waals surface area contributed by atoms with E-state index in [1.165, 1.54) is 4.90 Å². The highest BCUT2D eigenvalue weighted by Gasteiger charge is 2.38. The summed E-state index contributed by atoms with van der Waals surface area (Å²) in [5.41, 5.74) is 2.98. The van der Waals surface area contributed by atoms with Crippen LogP contribution in [-0.2, 0) is 9.59 Å². The van der Waals surface area contributed by atoms with Gasteiger partial charge in [-0.15, -0.1) is 0 Å². The number of carbonyl (C=O) groups is 2. The Morgan fingerprint density at radius 1 is 1.00 bits per heavy atom. The van der Waals surface area contributed by atoms with E-state index in [9.17, 15) is 27.9 Å². The number of carbonyl (C=O) groups excluding carboxylic acids is 2. The minimum atomic E-state index is -4.49. The van der Waals surface area contributed by atoms with Crippen molar-refractivity contribution in [2.24, 2.45) is 10.9 Å². The number of nitrogens with one attached hydrogen (secondary N) is 1. The number of hydrogen-bond acceptors (Lipinski definition) is 4. The van der Waals surface area contributed by atoms with Gasteiger partial charge < -0.3 is 15.3 Å². The highest BCUT2D eigenvalue weighted by atomic mass is 19.4. The van der Waals surface area contributed by atoms with Crippen LogP contribution in [0.5, 0.6) is 0 Å². The molecule has 0 radical (unpaired) electrons. The zero-order chi connectivity index (χ0) is 27.3. The van der Waals surface area contributed by atoms with Gasteiger partial charge in [-0.05, 0) is 18.1 Å². The predicted molar refractivity (Wildman–Crippen MR) is 139 cm³/mol. The number of fused-ring (bicyclic) bond motifs is 1. The van der Waals surface area contributed by atoms with Crippen molar-refractivity contribution >= 4 is 23.2 Å². The number of benzodiazepines with no additional fused rings is 1. The molecule has 4 rings (SSSR count). The van der Waals surface area contributed by atoms with E-state index in [4.69, 9.17) is 0 Å². The van der Waals surface area contributed by atoms with Gasteiger partial charge in [0.05, 0.1) is 18.0 Å². The lowest BCUT2D eigenvalue weighted by Gasteiger charge is -2.28. The highest BCUT2D eigenvalue weighted by molar-refractivity contribution is 6.20. The van der Waals surface area contributed by atoms with Gasteiger partial charge in [0.1, 0.15) is 0 Å². The van der Waals surface area contributed by atoms with Crippen LogP contribution in [0.15, 0.2) is 89.9 Å². The third-order valence-electron chi connectivity index (χ3n) is 6.66. The van der Waals surface area contributed by atoms with Crippen LogP contribution in [0.1, 0.15) is 35.4 Å². The molecule has 0 fully saturated rings. The Balaban J connectivity index is 1.72. The number of anilines is 1. The molecule has 6 nitrogen and oxygen atoms in total. The molecular weight excluding hydrogens is 495 g/mol. The number of benzene rings is 3. The van der Waals surface area contributed by atoms with E-state index in [0.717, 1.165) is 0 Å². The zero-order valence-corrected chi connectivity index (χ0v) is 20.7. The van der Waals surface area contributed by atoms with Crippen LogP contribution >= 0.6 is 0 Å². The summed E-state index contributed by atoms with van der Waals surface area (Å²) in [6.07, 6.45) is -7.63. The lowest BCUT2D eigenvalue weighted by atomic mass is 9.82. The zero-order valence-electron chi connectivity index (χ0n) is 20.7. The van der Waals surface area contributed by atoms with Gasteiger partial charge in [0.15, 0.2) is 0 Å². The fourth-order valence-electron chi connectivity index (χ4n) is 4.68. The Bertz CT molecular complexity index is 1300. The van der Waals surface area contributed by atoms with E-state index in [1.54, 1.807) is 49.5 Å². The molecule has 0 saturated heterocycles. The summed E-state index contributed by atoms with van der Waals surface area (Å²) in [5.74, 6) is -3.47. The van der Waals surface area contributed by atoms with Crippen molar-refractivity contribution < 1.29 is 27.9 Å². The van der Waals surface area contributed by atoms with E-state index in [1.807, 2.05) is 42.5 Å². The SMILES string of the molecule is CN1C(=O)C(NC(=O)C(CCC(F)(F)F)C(CO)c2ccccc2)N=C(c2ccccc2)c2ccccc21. The van der Waals surface area contributed by atoms with Gasteiger partial charge in [-0.25, -0.2) is 4.99 Å². The quantitative estimate of drug-likeness (QED) is 0.450. The van der Waals surface area contributed by atoms with E-state index < -0.39 is 55.4 Å². The molecule has 2 N–H and O–H groups in total. The first-order valence-corrected chi connectivity index (χ1v) is 12.2. The summed E-state index contributed by atoms with van der Waals surface area (Å²) in [4.78, 5) is 33.0. The third kappa shape index (κ3) is 6.11. The average molecular weight is 524 g/mol. The molecule has 3 aromatic carbocycles. The maximum Gasteiger partial charge on any atom is 0.389 e. The van der Waals surface area contributed by atoms with Crippen molar-refractivity contribution in [1.29, 1.82) is 0 Å². The fourth-order valence-corrected chi connectivity index (χ4v) is 4.68. The summed E-state index contributed by atoms with van der Waals surface area (Å²) in [7, 11) is 1.56. The molecule has 3 unspecified atom stereocenters. The van der Waals surface area contributed by atoms with E-state index in [0.29, 0.717) is 28.1 Å². The number of para-hydroxylation sites is 1. The van der Waals surface area contributed by atoms with E-state index in [-0.39, 0.29) is 0 Å². The number of hydrogen-bond donors (Lipinski definition) is 2. The first kappa shape index (κ1) is 27.1. The molecule has 1 aliphatic rings. The van der Waals surface area contributed by atoms with Crippen LogP contribution < -0.4 is 10.2 Å². The lowest BCUT2D eigenvalue weighted by Crippen LogP contribution is -2.49. The number of aliphatic hydroxyl groups excluding tert-OH is 1. The van der Waals surface area contributed by atoms with Gasteiger partial charge in [-0.1, -0.05) is 78.9 Å². The number of aliphatic imine (C=N–C) groups is 1. The Morgan fingerprint density at radius 3 is 2.24 bits per heavy atom. The highest BCUT2D eigenvalue weighted by Crippen LogP contribution is 2.33. The molecule has 3 aromatic rings. The number of aliphatic hydroxyl groups is 1. The van der Waals surface area contributed by atoms with Gasteiger partial charge in [0, 0.05) is 36.4 Å². The van der Waals surface area contributed by atoms with Gasteiger partial charge in [0.25, 0.3) is 5.91 Å². The Morgan fingerprint density at radius 2 is 1.61 bits per heavy atom. The molecule has 0 spiro atoms. The first-order valence-electron chi connectivity index (χ1n) is 12.2. The lowest BCUT2D eigenvalue weighted by molar-refractivity contribution is -0.143. The number of nitrogens with zero attached hydrogens (tertiary/aromatic N) is 2. The molecule has 38 heavy (non-hydrogen) atoms. The van der Waals surface area contributed by atoms with Crippen LogP contribution in [0.25, 0.3) is 0 Å². The van der Waals surface area contributed by atoms with Crippen LogP contribution in [-0.4, -0.2) is 48.6 Å². The summed E-state index contributed by atoms with van der Waals surface area (Å²) < 4.78 is 39.6. The van der Waals surface area contributed by atoms with Crippen LogP contribution in [0.4, 0.5) is 18.9 Å². The summed E-state index contributed by atoms with van der Waals surface area (Å²) >= 11 is 0. The van der Waals surface area contributed by atoms with Gasteiger partial charge in [-0.3, -0.25) is 9.59 Å². The Hall–Kier alpha value is -3.98. The van der Waals surface area contributed by atoms with Gasteiger partial charge in [-0.2, -0.15) is 13.2 Å². The van der Waals surface area contributed by atoms with Crippen LogP contribution in [0.2, 0.25) is 0 Å². The van der Waals surface area contributed by atoms with Crippen molar-refractivity contribution in [2.45, 2.75) is 31.1 Å². The molecule has 198 valence electrons. The normalized spacial score (nSPS) is 17.2. The number of amides is 2. The van der Waals surface area contributed by atoms with Crippen LogP contribution in [0.3, 0.4) is 0 Å². The predicted octanol–water partition coefficient (Wildman–Crippen LogP) is 4.68. The first-order chi connectivity index (χ1) is 18.2. The Labute approximate surface area is 218 Å². The van der Waals surface area contributed by atoms with Crippen molar-refractivity contribution in [2.75, 3.05) is 18.6 Å². The van der Waals surface area contributed by atoms with E-state index in [2.05, 4.69) is 10.3 Å². The second-order valence-corrected chi connectivity index (χ2v) is 9.13. The maximum absolute atomic E-state index is 13.6. The monoisotopic (exact) mass is 523 g/mol. The molecule has 3 atom stereocenters. The summed E-state index contributed by atoms with van der Waals surface area (Å²) in [6, 6.07) is 24.7. The average Bonchev–Trinajstić information content (AvgIpc) is 3.02. The molecule has 0 bridgehead atoms. The fraction of sp³-hybridized carbons (Fsp3) is 0.276. The summed E-state index contributed by atoms with van der Waals surface area (Å²) in [6.45, 7) is -0.539.